The van der Waals surface area contributed by atoms with Crippen molar-refractivity contribution in [2.24, 2.45) is 0 Å². The van der Waals surface area contributed by atoms with Gasteiger partial charge < -0.3 is 15.8 Å². The lowest BCUT2D eigenvalue weighted by Crippen LogP contribution is -2.08. The molecule has 1 aromatic carbocycles. The molecule has 3 N–H and O–H groups in total. The molecule has 5 nitrogen and oxygen atoms in total. The Labute approximate surface area is 115 Å². The fourth-order valence-electron chi connectivity index (χ4n) is 1.53. The van der Waals surface area contributed by atoms with Gasteiger partial charge in [-0.05, 0) is 30.3 Å². The zero-order chi connectivity index (χ0) is 13.8. The van der Waals surface area contributed by atoms with Gasteiger partial charge in [0.1, 0.15) is 0 Å². The number of halogens is 1. The summed E-state index contributed by atoms with van der Waals surface area (Å²) in [6, 6.07) is 8.56. The Hall–Kier alpha value is -2.27. The Bertz CT molecular complexity index is 599. The molecular weight excluding hydrogens is 266 g/mol. The second-order valence-corrected chi connectivity index (χ2v) is 4.18. The molecule has 0 amide bonds. The summed E-state index contributed by atoms with van der Waals surface area (Å²) in [5.74, 6) is -0.107. The number of nitrogens with two attached hydrogens (primary N) is 1. The van der Waals surface area contributed by atoms with Crippen LogP contribution in [0.4, 0.5) is 17.2 Å². The lowest BCUT2D eigenvalue weighted by atomic mass is 10.2. The van der Waals surface area contributed by atoms with E-state index >= 15 is 0 Å². The number of nitrogens with zero attached hydrogens (tertiary/aromatic N) is 1. The van der Waals surface area contributed by atoms with Crippen LogP contribution in [0.5, 0.6) is 0 Å². The van der Waals surface area contributed by atoms with Gasteiger partial charge in [-0.15, -0.1) is 0 Å². The number of carbonyl (C=O) groups is 1. The molecule has 1 heterocycles. The van der Waals surface area contributed by atoms with E-state index in [0.29, 0.717) is 10.8 Å². The van der Waals surface area contributed by atoms with Crippen molar-refractivity contribution in [3.63, 3.8) is 0 Å². The zero-order valence-electron chi connectivity index (χ0n) is 10.2. The first-order valence-electron chi connectivity index (χ1n) is 5.47. The highest BCUT2D eigenvalue weighted by atomic mass is 35.5. The normalized spacial score (nSPS) is 10.0. The maximum Gasteiger partial charge on any atom is 0.340 e. The van der Waals surface area contributed by atoms with Crippen molar-refractivity contribution in [1.29, 1.82) is 0 Å². The number of methoxy groups -OCH3 is 1. The van der Waals surface area contributed by atoms with E-state index in [1.165, 1.54) is 19.4 Å². The van der Waals surface area contributed by atoms with Crippen LogP contribution in [0.1, 0.15) is 10.4 Å². The van der Waals surface area contributed by atoms with Gasteiger partial charge in [-0.25, -0.2) is 9.78 Å². The molecule has 0 spiro atoms. The van der Waals surface area contributed by atoms with Crippen molar-refractivity contribution >= 4 is 34.8 Å². The monoisotopic (exact) mass is 277 g/mol. The molecule has 0 fully saturated rings. The highest BCUT2D eigenvalue weighted by molar-refractivity contribution is 6.30. The van der Waals surface area contributed by atoms with Gasteiger partial charge in [0.05, 0.1) is 18.4 Å². The van der Waals surface area contributed by atoms with Crippen LogP contribution >= 0.6 is 11.6 Å². The van der Waals surface area contributed by atoms with Crippen LogP contribution in [-0.4, -0.2) is 18.1 Å². The van der Waals surface area contributed by atoms with Crippen molar-refractivity contribution in [2.45, 2.75) is 0 Å². The van der Waals surface area contributed by atoms with E-state index in [4.69, 9.17) is 17.3 Å². The molecule has 1 aromatic heterocycles. The van der Waals surface area contributed by atoms with Gasteiger partial charge in [-0.2, -0.15) is 0 Å². The van der Waals surface area contributed by atoms with E-state index in [-0.39, 0.29) is 11.3 Å². The minimum Gasteiger partial charge on any atom is -0.465 e. The first-order chi connectivity index (χ1) is 9.11. The van der Waals surface area contributed by atoms with Gasteiger partial charge in [0, 0.05) is 16.9 Å². The molecule has 19 heavy (non-hydrogen) atoms. The first-order valence-corrected chi connectivity index (χ1v) is 5.85. The lowest BCUT2D eigenvalue weighted by molar-refractivity contribution is 0.0602. The summed E-state index contributed by atoms with van der Waals surface area (Å²) >= 11 is 5.80. The van der Waals surface area contributed by atoms with E-state index in [9.17, 15) is 4.79 Å². The van der Waals surface area contributed by atoms with Crippen LogP contribution in [-0.2, 0) is 4.74 Å². The number of hydrogen-bond acceptors (Lipinski definition) is 5. The van der Waals surface area contributed by atoms with E-state index in [1.807, 2.05) is 0 Å². The van der Waals surface area contributed by atoms with Crippen LogP contribution in [0.3, 0.4) is 0 Å². The predicted molar refractivity (Wildman–Crippen MR) is 74.7 cm³/mol. The summed E-state index contributed by atoms with van der Waals surface area (Å²) in [7, 11) is 1.30. The molecule has 0 radical (unpaired) electrons. The largest absolute Gasteiger partial charge is 0.465 e. The Balaban J connectivity index is 2.30. The Kier molecular flexibility index (Phi) is 3.87. The third-order valence-corrected chi connectivity index (χ3v) is 2.75. The number of aromatic nitrogens is 1. The summed E-state index contributed by atoms with van der Waals surface area (Å²) in [5, 5.41) is 3.65. The Morgan fingerprint density at radius 1 is 1.32 bits per heavy atom. The number of hydrogen-bond donors (Lipinski definition) is 2. The minimum absolute atomic E-state index is 0.240. The third-order valence-electron chi connectivity index (χ3n) is 2.50. The number of carbonyl (C=O) groups excluding carboxylic acids is 1. The molecule has 0 unspecified atom stereocenters. The first kappa shape index (κ1) is 13.2. The second kappa shape index (κ2) is 5.58. The van der Waals surface area contributed by atoms with Crippen LogP contribution in [0.2, 0.25) is 5.02 Å². The highest BCUT2D eigenvalue weighted by Gasteiger charge is 2.13. The zero-order valence-corrected chi connectivity index (χ0v) is 10.9. The number of anilines is 3. The number of esters is 1. The molecule has 0 aliphatic carbocycles. The molecule has 0 aliphatic rings. The number of nitrogens with one attached hydrogen (secondary N) is 1. The van der Waals surface area contributed by atoms with E-state index in [2.05, 4.69) is 15.0 Å². The average molecular weight is 278 g/mol. The lowest BCUT2D eigenvalue weighted by Gasteiger charge is -2.10. The quantitative estimate of drug-likeness (QED) is 0.844. The average Bonchev–Trinajstić information content (AvgIpc) is 2.43. The van der Waals surface area contributed by atoms with Crippen LogP contribution in [0.15, 0.2) is 36.5 Å². The topological polar surface area (TPSA) is 77.2 Å². The van der Waals surface area contributed by atoms with Gasteiger partial charge >= 0.3 is 5.97 Å². The fraction of sp³-hybridized carbons (Fsp3) is 0.0769. The van der Waals surface area contributed by atoms with E-state index in [1.54, 1.807) is 24.3 Å². The van der Waals surface area contributed by atoms with E-state index < -0.39 is 5.97 Å². The SMILES string of the molecule is COC(=O)c1ccnc(Nc2ccc(Cl)cc2)c1N. The van der Waals surface area contributed by atoms with Crippen molar-refractivity contribution in [3.8, 4) is 0 Å². The summed E-state index contributed by atoms with van der Waals surface area (Å²) in [6.45, 7) is 0. The molecule has 0 saturated carbocycles. The van der Waals surface area contributed by atoms with Gasteiger partial charge in [0.25, 0.3) is 0 Å². The summed E-state index contributed by atoms with van der Waals surface area (Å²) in [5.41, 5.74) is 7.17. The van der Waals surface area contributed by atoms with Crippen LogP contribution < -0.4 is 11.1 Å². The molecule has 2 rings (SSSR count). The molecular formula is C13H12ClN3O2. The number of rotatable bonds is 3. The minimum atomic E-state index is -0.501. The highest BCUT2D eigenvalue weighted by Crippen LogP contribution is 2.25. The molecule has 0 bridgehead atoms. The predicted octanol–water partition coefficient (Wildman–Crippen LogP) is 2.85. The van der Waals surface area contributed by atoms with E-state index in [0.717, 1.165) is 5.69 Å². The third kappa shape index (κ3) is 2.95. The Morgan fingerprint density at radius 3 is 2.63 bits per heavy atom. The van der Waals surface area contributed by atoms with Crippen molar-refractivity contribution < 1.29 is 9.53 Å². The summed E-state index contributed by atoms with van der Waals surface area (Å²) in [6.07, 6.45) is 1.49. The number of pyridine rings is 1. The second-order valence-electron chi connectivity index (χ2n) is 3.74. The molecule has 0 saturated heterocycles. The number of ether oxygens (including phenoxy) is 1. The maximum atomic E-state index is 11.5. The summed E-state index contributed by atoms with van der Waals surface area (Å²) < 4.78 is 4.65. The standard InChI is InChI=1S/C13H12ClN3O2/c1-19-13(18)10-6-7-16-12(11(10)15)17-9-4-2-8(14)3-5-9/h2-7H,15H2,1H3,(H,16,17). The molecule has 2 aromatic rings. The van der Waals surface area contributed by atoms with Crippen molar-refractivity contribution in [1.82, 2.24) is 4.98 Å². The molecule has 0 atom stereocenters. The van der Waals surface area contributed by atoms with Gasteiger partial charge in [0.2, 0.25) is 0 Å². The van der Waals surface area contributed by atoms with Gasteiger partial charge in [-0.1, -0.05) is 11.6 Å². The van der Waals surface area contributed by atoms with Crippen LogP contribution in [0, 0.1) is 0 Å². The van der Waals surface area contributed by atoms with Gasteiger partial charge in [-0.3, -0.25) is 0 Å². The molecule has 98 valence electrons. The maximum absolute atomic E-state index is 11.5. The fourth-order valence-corrected chi connectivity index (χ4v) is 1.66. The summed E-state index contributed by atoms with van der Waals surface area (Å²) in [4.78, 5) is 15.6. The smallest absolute Gasteiger partial charge is 0.340 e. The van der Waals surface area contributed by atoms with Crippen molar-refractivity contribution in [2.75, 3.05) is 18.2 Å². The van der Waals surface area contributed by atoms with Crippen LogP contribution in [0.25, 0.3) is 0 Å². The van der Waals surface area contributed by atoms with Crippen molar-refractivity contribution in [3.05, 3.63) is 47.1 Å². The molecule has 0 aliphatic heterocycles. The number of nitrogen functional groups attached to an aromatic ring is 1. The van der Waals surface area contributed by atoms with Gasteiger partial charge in [0.15, 0.2) is 5.82 Å². The Morgan fingerprint density at radius 2 is 2.00 bits per heavy atom. The molecule has 6 heteroatoms. The number of benzene rings is 1.